The SMILES string of the molecule is CC(F)(c1ccc2c(c1)CC[C@H]1N(C(=O)NC3CCOCC3)CC[C@@]21S(=O)(=O)c1ccc(F)cc1)C(F)(F)F. The first-order valence-corrected chi connectivity index (χ1v) is 14.3. The van der Waals surface area contributed by atoms with E-state index in [-0.39, 0.29) is 47.9 Å². The fraction of sp³-hybridized carbons (Fsp3) is 0.519. The number of sulfone groups is 1. The van der Waals surface area contributed by atoms with E-state index >= 15 is 0 Å². The maximum atomic E-state index is 14.8. The van der Waals surface area contributed by atoms with Crippen molar-refractivity contribution in [1.82, 2.24) is 10.2 Å². The maximum Gasteiger partial charge on any atom is 0.426 e. The number of hydrogen-bond donors (Lipinski definition) is 1. The predicted octanol–water partition coefficient (Wildman–Crippen LogP) is 5.15. The third kappa shape index (κ3) is 4.49. The second-order valence-corrected chi connectivity index (χ2v) is 12.8. The number of hydrogen-bond acceptors (Lipinski definition) is 4. The molecule has 0 saturated carbocycles. The summed E-state index contributed by atoms with van der Waals surface area (Å²) in [6.07, 6.45) is -3.64. The number of rotatable bonds is 4. The fourth-order valence-electron chi connectivity index (χ4n) is 6.15. The van der Waals surface area contributed by atoms with Crippen LogP contribution in [0.15, 0.2) is 47.4 Å². The minimum atomic E-state index is -5.16. The molecule has 0 aromatic heterocycles. The number of likely N-dealkylation sites (tertiary alicyclic amines) is 1. The second-order valence-electron chi connectivity index (χ2n) is 10.6. The minimum Gasteiger partial charge on any atom is -0.381 e. The number of amides is 2. The number of ether oxygens (including phenoxy) is 1. The molecule has 3 atom stereocenters. The van der Waals surface area contributed by atoms with Crippen molar-refractivity contribution >= 4 is 15.9 Å². The largest absolute Gasteiger partial charge is 0.426 e. The summed E-state index contributed by atoms with van der Waals surface area (Å²) >= 11 is 0. The standard InChI is InChI=1S/C27H29F5N2O4S/c1-25(29,27(30,31)32)18-3-8-22-17(16-18)2-9-23-26(22,39(36,37)21-6-4-19(28)5-7-21)12-13-34(23)24(35)33-20-10-14-38-15-11-20/h3-8,16,20,23H,2,9-15H2,1H3,(H,33,35)/t23-,25?,26-/m1/s1. The summed E-state index contributed by atoms with van der Waals surface area (Å²) in [6.45, 7) is 1.52. The highest BCUT2D eigenvalue weighted by molar-refractivity contribution is 7.92. The van der Waals surface area contributed by atoms with Gasteiger partial charge in [0, 0.05) is 25.8 Å². The van der Waals surface area contributed by atoms with Crippen LogP contribution >= 0.6 is 0 Å². The molecule has 12 heteroatoms. The monoisotopic (exact) mass is 572 g/mol. The molecule has 2 aromatic carbocycles. The van der Waals surface area contributed by atoms with Crippen LogP contribution in [0.4, 0.5) is 26.7 Å². The lowest BCUT2D eigenvalue weighted by Gasteiger charge is -2.43. The summed E-state index contributed by atoms with van der Waals surface area (Å²) in [6, 6.07) is 6.27. The Morgan fingerprint density at radius 2 is 1.72 bits per heavy atom. The van der Waals surface area contributed by atoms with E-state index in [9.17, 15) is 35.2 Å². The number of carbonyl (C=O) groups excluding carboxylic acids is 1. The van der Waals surface area contributed by atoms with E-state index in [4.69, 9.17) is 4.74 Å². The third-order valence-electron chi connectivity index (χ3n) is 8.37. The molecule has 3 aliphatic rings. The van der Waals surface area contributed by atoms with Crippen LogP contribution in [0, 0.1) is 5.82 Å². The summed E-state index contributed by atoms with van der Waals surface area (Å²) in [7, 11) is -4.29. The van der Waals surface area contributed by atoms with Crippen LogP contribution in [0.25, 0.3) is 0 Å². The Kier molecular flexibility index (Phi) is 6.94. The highest BCUT2D eigenvalue weighted by Crippen LogP contribution is 2.54. The molecule has 5 rings (SSSR count). The number of carbonyl (C=O) groups is 1. The predicted molar refractivity (Wildman–Crippen MR) is 132 cm³/mol. The zero-order valence-corrected chi connectivity index (χ0v) is 22.0. The first-order valence-electron chi connectivity index (χ1n) is 12.8. The summed E-state index contributed by atoms with van der Waals surface area (Å²) in [4.78, 5) is 14.7. The zero-order valence-electron chi connectivity index (χ0n) is 21.2. The van der Waals surface area contributed by atoms with E-state index < -0.39 is 49.9 Å². The number of nitrogens with zero attached hydrogens (tertiary/aromatic N) is 1. The van der Waals surface area contributed by atoms with Gasteiger partial charge < -0.3 is 15.0 Å². The van der Waals surface area contributed by atoms with E-state index in [2.05, 4.69) is 5.32 Å². The van der Waals surface area contributed by atoms with E-state index in [0.717, 1.165) is 36.4 Å². The average molecular weight is 573 g/mol. The molecule has 2 aromatic rings. The lowest BCUT2D eigenvalue weighted by atomic mass is 9.77. The Bertz CT molecular complexity index is 1360. The summed E-state index contributed by atoms with van der Waals surface area (Å²) in [5.41, 5.74) is -3.72. The quantitative estimate of drug-likeness (QED) is 0.406. The van der Waals surface area contributed by atoms with Crippen LogP contribution in [0.5, 0.6) is 0 Å². The van der Waals surface area contributed by atoms with Gasteiger partial charge in [0.25, 0.3) is 0 Å². The van der Waals surface area contributed by atoms with Gasteiger partial charge in [-0.2, -0.15) is 13.2 Å². The van der Waals surface area contributed by atoms with E-state index in [1.54, 1.807) is 0 Å². The van der Waals surface area contributed by atoms with Crippen LogP contribution in [-0.2, 0) is 31.4 Å². The molecule has 0 bridgehead atoms. The van der Waals surface area contributed by atoms with Crippen molar-refractivity contribution in [1.29, 1.82) is 0 Å². The molecule has 1 aliphatic carbocycles. The number of benzene rings is 2. The van der Waals surface area contributed by atoms with Crippen LogP contribution in [0.1, 0.15) is 49.3 Å². The molecule has 2 fully saturated rings. The molecular formula is C27H29F5N2O4S. The number of urea groups is 1. The van der Waals surface area contributed by atoms with Crippen LogP contribution in [-0.4, -0.2) is 57.4 Å². The first kappa shape index (κ1) is 27.8. The molecule has 2 saturated heterocycles. The smallest absolute Gasteiger partial charge is 0.381 e. The first-order chi connectivity index (χ1) is 18.3. The Morgan fingerprint density at radius 1 is 1.05 bits per heavy atom. The van der Waals surface area contributed by atoms with Crippen molar-refractivity contribution in [2.45, 2.75) is 72.6 Å². The van der Waals surface area contributed by atoms with Crippen molar-refractivity contribution in [3.63, 3.8) is 0 Å². The number of nitrogens with one attached hydrogen (secondary N) is 1. The van der Waals surface area contributed by atoms with Gasteiger partial charge in [-0.15, -0.1) is 0 Å². The normalized spacial score (nSPS) is 25.5. The molecule has 39 heavy (non-hydrogen) atoms. The van der Waals surface area contributed by atoms with Crippen molar-refractivity contribution in [3.05, 3.63) is 65.0 Å². The molecule has 1 unspecified atom stereocenters. The van der Waals surface area contributed by atoms with Gasteiger partial charge in [0.05, 0.1) is 10.9 Å². The van der Waals surface area contributed by atoms with E-state index in [0.29, 0.717) is 33.0 Å². The molecule has 2 aliphatic heterocycles. The Balaban J connectivity index is 1.60. The fourth-order valence-corrected chi connectivity index (χ4v) is 8.52. The number of fused-ring (bicyclic) bond motifs is 3. The topological polar surface area (TPSA) is 75.7 Å². The number of aryl methyl sites for hydroxylation is 1. The summed E-state index contributed by atoms with van der Waals surface area (Å²) in [5, 5.41) is 2.97. The van der Waals surface area contributed by atoms with Crippen molar-refractivity contribution in [2.75, 3.05) is 19.8 Å². The van der Waals surface area contributed by atoms with Gasteiger partial charge in [-0.25, -0.2) is 22.0 Å². The summed E-state index contributed by atoms with van der Waals surface area (Å²) < 4.78 is 101. The Morgan fingerprint density at radius 3 is 2.36 bits per heavy atom. The third-order valence-corrected chi connectivity index (χ3v) is 10.9. The van der Waals surface area contributed by atoms with Crippen molar-refractivity contribution in [3.8, 4) is 0 Å². The van der Waals surface area contributed by atoms with Gasteiger partial charge in [0.15, 0.2) is 9.84 Å². The minimum absolute atomic E-state index is 0.0168. The van der Waals surface area contributed by atoms with Gasteiger partial charge in [-0.05, 0) is 80.0 Å². The zero-order chi connectivity index (χ0) is 28.2. The Labute approximate surface area is 223 Å². The molecular weight excluding hydrogens is 543 g/mol. The highest BCUT2D eigenvalue weighted by Gasteiger charge is 2.61. The molecule has 2 amide bonds. The number of halogens is 5. The molecule has 0 radical (unpaired) electrons. The van der Waals surface area contributed by atoms with Crippen LogP contribution in [0.3, 0.4) is 0 Å². The van der Waals surface area contributed by atoms with Crippen LogP contribution < -0.4 is 5.32 Å². The van der Waals surface area contributed by atoms with E-state index in [1.807, 2.05) is 0 Å². The maximum absolute atomic E-state index is 14.8. The van der Waals surface area contributed by atoms with E-state index in [1.165, 1.54) is 11.0 Å². The molecule has 2 heterocycles. The second kappa shape index (κ2) is 9.72. The van der Waals surface area contributed by atoms with Gasteiger partial charge >= 0.3 is 12.2 Å². The summed E-state index contributed by atoms with van der Waals surface area (Å²) in [5.74, 6) is -0.630. The lowest BCUT2D eigenvalue weighted by Crippen LogP contribution is -2.55. The molecule has 1 N–H and O–H groups in total. The van der Waals surface area contributed by atoms with Crippen molar-refractivity contribution in [2.24, 2.45) is 0 Å². The molecule has 6 nitrogen and oxygen atoms in total. The number of alkyl halides is 4. The molecule has 0 spiro atoms. The van der Waals surface area contributed by atoms with Crippen LogP contribution in [0.2, 0.25) is 0 Å². The average Bonchev–Trinajstić information content (AvgIpc) is 3.30. The Hall–Kier alpha value is -2.73. The van der Waals surface area contributed by atoms with Gasteiger partial charge in [0.1, 0.15) is 10.6 Å². The van der Waals surface area contributed by atoms with Gasteiger partial charge in [0.2, 0.25) is 5.67 Å². The molecule has 212 valence electrons. The van der Waals surface area contributed by atoms with Gasteiger partial charge in [-0.3, -0.25) is 0 Å². The van der Waals surface area contributed by atoms with Crippen molar-refractivity contribution < 1.29 is 39.9 Å². The lowest BCUT2D eigenvalue weighted by molar-refractivity contribution is -0.228. The van der Waals surface area contributed by atoms with Gasteiger partial charge in [-0.1, -0.05) is 18.2 Å². The highest BCUT2D eigenvalue weighted by atomic mass is 32.2.